The van der Waals surface area contributed by atoms with Crippen LogP contribution in [0.2, 0.25) is 0 Å². The topological polar surface area (TPSA) is 86.5 Å². The fourth-order valence-corrected chi connectivity index (χ4v) is 2.45. The molecule has 1 aliphatic heterocycles. The third-order valence-electron chi connectivity index (χ3n) is 3.53. The Hall–Kier alpha value is -3.02. The third-order valence-corrected chi connectivity index (χ3v) is 3.53. The van der Waals surface area contributed by atoms with Crippen molar-refractivity contribution in [3.05, 3.63) is 75.3 Å². The van der Waals surface area contributed by atoms with Gasteiger partial charge >= 0.3 is 5.97 Å². The molecule has 6 heteroatoms. The number of ether oxygens (including phenoxy) is 1. The van der Waals surface area contributed by atoms with Crippen molar-refractivity contribution in [3.63, 3.8) is 0 Å². The van der Waals surface area contributed by atoms with Gasteiger partial charge in [-0.15, -0.1) is 0 Å². The largest absolute Gasteiger partial charge is 0.453 e. The molecule has 0 spiro atoms. The van der Waals surface area contributed by atoms with Gasteiger partial charge in [0.25, 0.3) is 5.69 Å². The van der Waals surface area contributed by atoms with Gasteiger partial charge in [0.1, 0.15) is 6.10 Å². The van der Waals surface area contributed by atoms with E-state index in [1.165, 1.54) is 24.3 Å². The fraction of sp³-hybridized carbons (Fsp3) is 0.125. The molecule has 2 aromatic rings. The first-order chi connectivity index (χ1) is 10.6. The third kappa shape index (κ3) is 2.46. The molecule has 1 atom stereocenters. The van der Waals surface area contributed by atoms with E-state index in [9.17, 15) is 19.7 Å². The van der Waals surface area contributed by atoms with Crippen molar-refractivity contribution in [2.45, 2.75) is 12.5 Å². The Bertz CT molecular complexity index is 784. The highest BCUT2D eigenvalue weighted by molar-refractivity contribution is 5.99. The Morgan fingerprint density at radius 1 is 1.18 bits per heavy atom. The van der Waals surface area contributed by atoms with E-state index in [0.717, 1.165) is 0 Å². The van der Waals surface area contributed by atoms with Crippen LogP contribution in [-0.2, 0) is 4.74 Å². The predicted octanol–water partition coefficient (Wildman–Crippen LogP) is 3.08. The molecule has 0 saturated carbocycles. The summed E-state index contributed by atoms with van der Waals surface area (Å²) in [6.45, 7) is 0. The number of rotatable bonds is 4. The van der Waals surface area contributed by atoms with Crippen molar-refractivity contribution in [1.29, 1.82) is 0 Å². The standard InChI is InChI=1S/C16H11NO5/c18-14(10-4-3-5-11(8-10)17(20)21)9-15-12-6-1-2-7-13(12)16(19)22-15/h1-8,15H,9H2/t15-/m0/s1. The number of cyclic esters (lactones) is 1. The summed E-state index contributed by atoms with van der Waals surface area (Å²) in [5, 5.41) is 10.8. The van der Waals surface area contributed by atoms with Gasteiger partial charge < -0.3 is 4.74 Å². The lowest BCUT2D eigenvalue weighted by Gasteiger charge is -2.09. The van der Waals surface area contributed by atoms with Crippen molar-refractivity contribution in [3.8, 4) is 0 Å². The van der Waals surface area contributed by atoms with Gasteiger partial charge in [0, 0.05) is 23.3 Å². The van der Waals surface area contributed by atoms with Crippen LogP contribution in [0.5, 0.6) is 0 Å². The molecule has 6 nitrogen and oxygen atoms in total. The lowest BCUT2D eigenvalue weighted by molar-refractivity contribution is -0.384. The fourth-order valence-electron chi connectivity index (χ4n) is 2.45. The van der Waals surface area contributed by atoms with Gasteiger partial charge in [-0.2, -0.15) is 0 Å². The molecule has 1 aliphatic rings. The normalized spacial score (nSPS) is 16.0. The van der Waals surface area contributed by atoms with E-state index >= 15 is 0 Å². The summed E-state index contributed by atoms with van der Waals surface area (Å²) >= 11 is 0. The second kappa shape index (κ2) is 5.40. The number of Topliss-reactive ketones (excluding diaryl/α,β-unsaturated/α-hetero) is 1. The second-order valence-corrected chi connectivity index (χ2v) is 4.92. The highest BCUT2D eigenvalue weighted by atomic mass is 16.6. The number of carbonyl (C=O) groups is 2. The summed E-state index contributed by atoms with van der Waals surface area (Å²) in [4.78, 5) is 34.2. The maximum absolute atomic E-state index is 12.3. The van der Waals surface area contributed by atoms with Gasteiger partial charge in [-0.1, -0.05) is 30.3 Å². The summed E-state index contributed by atoms with van der Waals surface area (Å²) < 4.78 is 5.21. The highest BCUT2D eigenvalue weighted by Gasteiger charge is 2.32. The smallest absolute Gasteiger partial charge is 0.339 e. The zero-order chi connectivity index (χ0) is 15.7. The Morgan fingerprint density at radius 3 is 2.73 bits per heavy atom. The van der Waals surface area contributed by atoms with Crippen LogP contribution < -0.4 is 0 Å². The first-order valence-corrected chi connectivity index (χ1v) is 6.64. The van der Waals surface area contributed by atoms with E-state index < -0.39 is 17.0 Å². The lowest BCUT2D eigenvalue weighted by atomic mass is 9.98. The zero-order valence-corrected chi connectivity index (χ0v) is 11.4. The van der Waals surface area contributed by atoms with Crippen LogP contribution in [0.15, 0.2) is 48.5 Å². The molecular formula is C16H11NO5. The minimum absolute atomic E-state index is 0.0378. The molecule has 0 N–H and O–H groups in total. The number of hydrogen-bond acceptors (Lipinski definition) is 5. The van der Waals surface area contributed by atoms with E-state index in [1.807, 2.05) is 0 Å². The van der Waals surface area contributed by atoms with Crippen LogP contribution in [0, 0.1) is 10.1 Å². The quantitative estimate of drug-likeness (QED) is 0.374. The molecule has 1 heterocycles. The summed E-state index contributed by atoms with van der Waals surface area (Å²) in [5.41, 5.74) is 1.22. The van der Waals surface area contributed by atoms with Gasteiger partial charge in [-0.25, -0.2) is 4.79 Å². The summed E-state index contributed by atoms with van der Waals surface area (Å²) in [5.74, 6) is -0.759. The number of hydrogen-bond donors (Lipinski definition) is 0. The molecule has 0 amide bonds. The Morgan fingerprint density at radius 2 is 1.95 bits per heavy atom. The second-order valence-electron chi connectivity index (χ2n) is 4.92. The van der Waals surface area contributed by atoms with Crippen LogP contribution in [0.3, 0.4) is 0 Å². The molecule has 0 aliphatic carbocycles. The highest BCUT2D eigenvalue weighted by Crippen LogP contribution is 2.33. The number of nitro groups is 1. The average Bonchev–Trinajstić information content (AvgIpc) is 2.84. The van der Waals surface area contributed by atoms with Gasteiger partial charge in [-0.3, -0.25) is 14.9 Å². The van der Waals surface area contributed by atoms with Gasteiger partial charge in [0.2, 0.25) is 0 Å². The first kappa shape index (κ1) is 13.9. The van der Waals surface area contributed by atoms with Crippen LogP contribution in [0.4, 0.5) is 5.69 Å². The Kier molecular flexibility index (Phi) is 3.42. The average molecular weight is 297 g/mol. The van der Waals surface area contributed by atoms with Crippen LogP contribution >= 0.6 is 0 Å². The Labute approximate surface area is 125 Å². The van der Waals surface area contributed by atoms with E-state index in [0.29, 0.717) is 11.1 Å². The molecule has 3 rings (SSSR count). The number of nitro benzene ring substituents is 1. The Balaban J connectivity index is 1.83. The van der Waals surface area contributed by atoms with Crippen molar-refractivity contribution in [2.75, 3.05) is 0 Å². The van der Waals surface area contributed by atoms with Gasteiger partial charge in [-0.05, 0) is 6.07 Å². The SMILES string of the molecule is O=C(C[C@@H]1OC(=O)c2ccccc21)c1cccc([N+](=O)[O-])c1. The summed E-state index contributed by atoms with van der Waals surface area (Å²) in [6, 6.07) is 12.4. The molecule has 110 valence electrons. The van der Waals surface area contributed by atoms with E-state index in [4.69, 9.17) is 4.74 Å². The molecule has 0 bridgehead atoms. The number of fused-ring (bicyclic) bond motifs is 1. The molecule has 0 unspecified atom stereocenters. The minimum Gasteiger partial charge on any atom is -0.453 e. The van der Waals surface area contributed by atoms with Crippen molar-refractivity contribution in [2.24, 2.45) is 0 Å². The molecule has 2 aromatic carbocycles. The van der Waals surface area contributed by atoms with Crippen LogP contribution in [-0.4, -0.2) is 16.7 Å². The summed E-state index contributed by atoms with van der Waals surface area (Å²) in [7, 11) is 0. The molecular weight excluding hydrogens is 286 g/mol. The van der Waals surface area contributed by atoms with Crippen LogP contribution in [0.25, 0.3) is 0 Å². The minimum atomic E-state index is -0.643. The van der Waals surface area contributed by atoms with Gasteiger partial charge in [0.15, 0.2) is 5.78 Å². The first-order valence-electron chi connectivity index (χ1n) is 6.64. The summed E-state index contributed by atoms with van der Waals surface area (Å²) in [6.07, 6.45) is -0.681. The maximum Gasteiger partial charge on any atom is 0.339 e. The molecule has 22 heavy (non-hydrogen) atoms. The number of nitrogens with zero attached hydrogens (tertiary/aromatic N) is 1. The van der Waals surface area contributed by atoms with Gasteiger partial charge in [0.05, 0.1) is 16.9 Å². The predicted molar refractivity (Wildman–Crippen MR) is 76.6 cm³/mol. The van der Waals surface area contributed by atoms with Crippen molar-refractivity contribution in [1.82, 2.24) is 0 Å². The monoisotopic (exact) mass is 297 g/mol. The zero-order valence-electron chi connectivity index (χ0n) is 11.4. The maximum atomic E-state index is 12.3. The molecule has 0 fully saturated rings. The molecule has 0 radical (unpaired) electrons. The van der Waals surface area contributed by atoms with Crippen LogP contribution in [0.1, 0.15) is 38.8 Å². The van der Waals surface area contributed by atoms with E-state index in [2.05, 4.69) is 0 Å². The van der Waals surface area contributed by atoms with E-state index in [1.54, 1.807) is 24.3 Å². The molecule has 0 saturated heterocycles. The van der Waals surface area contributed by atoms with E-state index in [-0.39, 0.29) is 23.5 Å². The number of esters is 1. The number of carbonyl (C=O) groups excluding carboxylic acids is 2. The number of benzene rings is 2. The van der Waals surface area contributed by atoms with Crippen molar-refractivity contribution >= 4 is 17.4 Å². The lowest BCUT2D eigenvalue weighted by Crippen LogP contribution is -2.08. The van der Waals surface area contributed by atoms with Crippen molar-refractivity contribution < 1.29 is 19.2 Å². The number of ketones is 1. The molecule has 0 aromatic heterocycles. The number of non-ortho nitro benzene ring substituents is 1.